The van der Waals surface area contributed by atoms with Gasteiger partial charge >= 0.3 is 0 Å². The number of aromatic nitrogens is 1. The first-order chi connectivity index (χ1) is 12.0. The molecule has 130 valence electrons. The van der Waals surface area contributed by atoms with Gasteiger partial charge in [-0.3, -0.25) is 14.4 Å². The van der Waals surface area contributed by atoms with Gasteiger partial charge in [-0.05, 0) is 30.3 Å². The third-order valence-corrected chi connectivity index (χ3v) is 4.55. The minimum Gasteiger partial charge on any atom is -0.335 e. The number of piperazine rings is 1. The summed E-state index contributed by atoms with van der Waals surface area (Å²) in [6.45, 7) is 1.79. The molecule has 2 aromatic rings. The number of aryl methyl sites for hydroxylation is 1. The number of benzene rings is 1. The van der Waals surface area contributed by atoms with Gasteiger partial charge in [-0.1, -0.05) is 11.6 Å². The molecule has 2 amide bonds. The van der Waals surface area contributed by atoms with E-state index in [2.05, 4.69) is 0 Å². The van der Waals surface area contributed by atoms with Crippen molar-refractivity contribution < 1.29 is 9.59 Å². The van der Waals surface area contributed by atoms with Crippen LogP contribution in [-0.2, 0) is 7.05 Å². The predicted octanol–water partition coefficient (Wildman–Crippen LogP) is 1.64. The van der Waals surface area contributed by atoms with E-state index < -0.39 is 0 Å². The Morgan fingerprint density at radius 2 is 1.40 bits per heavy atom. The van der Waals surface area contributed by atoms with E-state index in [1.807, 2.05) is 0 Å². The van der Waals surface area contributed by atoms with Crippen molar-refractivity contribution in [1.82, 2.24) is 14.4 Å². The molecule has 1 fully saturated rings. The van der Waals surface area contributed by atoms with Gasteiger partial charge in [-0.25, -0.2) is 0 Å². The van der Waals surface area contributed by atoms with Crippen LogP contribution >= 0.6 is 11.6 Å². The van der Waals surface area contributed by atoms with E-state index >= 15 is 0 Å². The lowest BCUT2D eigenvalue weighted by atomic mass is 10.1. The molecule has 0 spiro atoms. The molecule has 1 aromatic heterocycles. The quantitative estimate of drug-likeness (QED) is 0.818. The average molecular weight is 360 g/mol. The summed E-state index contributed by atoms with van der Waals surface area (Å²) in [4.78, 5) is 40.0. The standard InChI is InChI=1S/C18H18ClN3O3/c1-20-7-6-14(12-16(20)23)18(25)22-10-8-21(9-11-22)17(24)13-2-4-15(19)5-3-13/h2-7,12H,8-11H2,1H3. The molecular weight excluding hydrogens is 342 g/mol. The number of carbonyl (C=O) groups is 2. The zero-order valence-corrected chi connectivity index (χ0v) is 14.6. The molecular formula is C18H18ClN3O3. The largest absolute Gasteiger partial charge is 0.335 e. The van der Waals surface area contributed by atoms with Crippen LogP contribution in [0.25, 0.3) is 0 Å². The first-order valence-corrected chi connectivity index (χ1v) is 8.34. The number of hydrogen-bond donors (Lipinski definition) is 0. The number of pyridine rings is 1. The van der Waals surface area contributed by atoms with Crippen LogP contribution < -0.4 is 5.56 Å². The molecule has 0 radical (unpaired) electrons. The van der Waals surface area contributed by atoms with Crippen LogP contribution in [0.1, 0.15) is 20.7 Å². The van der Waals surface area contributed by atoms with Crippen LogP contribution in [0.5, 0.6) is 0 Å². The minimum atomic E-state index is -0.220. The second-order valence-corrected chi connectivity index (χ2v) is 6.39. The molecule has 0 saturated carbocycles. The molecule has 1 aromatic carbocycles. The van der Waals surface area contributed by atoms with Gasteiger partial charge in [0.2, 0.25) is 0 Å². The molecule has 1 saturated heterocycles. The third-order valence-electron chi connectivity index (χ3n) is 4.30. The minimum absolute atomic E-state index is 0.0719. The highest BCUT2D eigenvalue weighted by molar-refractivity contribution is 6.30. The predicted molar refractivity (Wildman–Crippen MR) is 94.9 cm³/mol. The second-order valence-electron chi connectivity index (χ2n) is 5.96. The molecule has 0 atom stereocenters. The smallest absolute Gasteiger partial charge is 0.254 e. The van der Waals surface area contributed by atoms with Crippen molar-refractivity contribution in [2.24, 2.45) is 7.05 Å². The summed E-state index contributed by atoms with van der Waals surface area (Å²) < 4.78 is 1.42. The van der Waals surface area contributed by atoms with Crippen molar-refractivity contribution >= 4 is 23.4 Å². The van der Waals surface area contributed by atoms with Gasteiger partial charge in [0, 0.05) is 61.6 Å². The molecule has 3 rings (SSSR count). The van der Waals surface area contributed by atoms with Gasteiger partial charge in [-0.2, -0.15) is 0 Å². The zero-order valence-electron chi connectivity index (χ0n) is 13.8. The third kappa shape index (κ3) is 3.74. The van der Waals surface area contributed by atoms with Crippen molar-refractivity contribution in [2.75, 3.05) is 26.2 Å². The lowest BCUT2D eigenvalue weighted by molar-refractivity contribution is 0.0535. The number of nitrogens with zero attached hydrogens (tertiary/aromatic N) is 3. The number of halogens is 1. The summed E-state index contributed by atoms with van der Waals surface area (Å²) in [6.07, 6.45) is 1.58. The monoisotopic (exact) mass is 359 g/mol. The van der Waals surface area contributed by atoms with Crippen molar-refractivity contribution in [2.45, 2.75) is 0 Å². The molecule has 2 heterocycles. The first kappa shape index (κ1) is 17.2. The Balaban J connectivity index is 1.64. The molecule has 1 aliphatic rings. The maximum atomic E-state index is 12.5. The van der Waals surface area contributed by atoms with E-state index in [-0.39, 0.29) is 17.4 Å². The lowest BCUT2D eigenvalue weighted by Crippen LogP contribution is -2.50. The fraction of sp³-hybridized carbons (Fsp3) is 0.278. The maximum absolute atomic E-state index is 12.5. The van der Waals surface area contributed by atoms with Crippen LogP contribution in [0.3, 0.4) is 0 Å². The lowest BCUT2D eigenvalue weighted by Gasteiger charge is -2.34. The second kappa shape index (κ2) is 7.11. The molecule has 0 aliphatic carbocycles. The number of hydrogen-bond acceptors (Lipinski definition) is 3. The van der Waals surface area contributed by atoms with Gasteiger partial charge in [-0.15, -0.1) is 0 Å². The molecule has 1 aliphatic heterocycles. The molecule has 7 heteroatoms. The molecule has 0 N–H and O–H groups in total. The number of carbonyl (C=O) groups excluding carboxylic acids is 2. The van der Waals surface area contributed by atoms with Crippen molar-refractivity contribution in [3.8, 4) is 0 Å². The maximum Gasteiger partial charge on any atom is 0.254 e. The Morgan fingerprint density at radius 1 is 0.880 bits per heavy atom. The highest BCUT2D eigenvalue weighted by Crippen LogP contribution is 2.14. The van der Waals surface area contributed by atoms with E-state index in [4.69, 9.17) is 11.6 Å². The van der Waals surface area contributed by atoms with Gasteiger partial charge < -0.3 is 14.4 Å². The normalized spacial score (nSPS) is 14.5. The van der Waals surface area contributed by atoms with E-state index in [1.165, 1.54) is 10.6 Å². The van der Waals surface area contributed by atoms with Crippen LogP contribution in [0, 0.1) is 0 Å². The highest BCUT2D eigenvalue weighted by atomic mass is 35.5. The Labute approximate surface area is 150 Å². The van der Waals surface area contributed by atoms with Crippen molar-refractivity contribution in [3.05, 3.63) is 69.1 Å². The van der Waals surface area contributed by atoms with E-state index in [0.717, 1.165) is 0 Å². The summed E-state index contributed by atoms with van der Waals surface area (Å²) in [7, 11) is 1.64. The molecule has 0 unspecified atom stereocenters. The van der Waals surface area contributed by atoms with Crippen molar-refractivity contribution in [3.63, 3.8) is 0 Å². The van der Waals surface area contributed by atoms with Gasteiger partial charge in [0.15, 0.2) is 0 Å². The first-order valence-electron chi connectivity index (χ1n) is 7.96. The van der Waals surface area contributed by atoms with Crippen LogP contribution in [0.4, 0.5) is 0 Å². The fourth-order valence-electron chi connectivity index (χ4n) is 2.75. The van der Waals surface area contributed by atoms with E-state index in [0.29, 0.717) is 42.3 Å². The SMILES string of the molecule is Cn1ccc(C(=O)N2CCN(C(=O)c3ccc(Cl)cc3)CC2)cc1=O. The van der Waals surface area contributed by atoms with Gasteiger partial charge in [0.1, 0.15) is 0 Å². The summed E-state index contributed by atoms with van der Waals surface area (Å²) >= 11 is 5.84. The topological polar surface area (TPSA) is 62.6 Å². The van der Waals surface area contributed by atoms with Gasteiger partial charge in [0.25, 0.3) is 17.4 Å². The fourth-order valence-corrected chi connectivity index (χ4v) is 2.88. The zero-order chi connectivity index (χ0) is 18.0. The Bertz CT molecular complexity index is 853. The Hall–Kier alpha value is -2.60. The van der Waals surface area contributed by atoms with Crippen LogP contribution in [-0.4, -0.2) is 52.4 Å². The Kier molecular flexibility index (Phi) is 4.90. The van der Waals surface area contributed by atoms with E-state index in [9.17, 15) is 14.4 Å². The molecule has 0 bridgehead atoms. The number of amides is 2. The molecule has 6 nitrogen and oxygen atoms in total. The Morgan fingerprint density at radius 3 is 1.92 bits per heavy atom. The van der Waals surface area contributed by atoms with E-state index in [1.54, 1.807) is 53.4 Å². The summed E-state index contributed by atoms with van der Waals surface area (Å²) in [6, 6.07) is 9.74. The summed E-state index contributed by atoms with van der Waals surface area (Å²) in [5.41, 5.74) is 0.735. The highest BCUT2D eigenvalue weighted by Gasteiger charge is 2.25. The van der Waals surface area contributed by atoms with Crippen LogP contribution in [0.2, 0.25) is 5.02 Å². The average Bonchev–Trinajstić information content (AvgIpc) is 2.63. The molecule has 25 heavy (non-hydrogen) atoms. The summed E-state index contributed by atoms with van der Waals surface area (Å²) in [5.74, 6) is -0.256. The van der Waals surface area contributed by atoms with Crippen LogP contribution in [0.15, 0.2) is 47.4 Å². The summed E-state index contributed by atoms with van der Waals surface area (Å²) in [5, 5.41) is 0.584. The van der Waals surface area contributed by atoms with Crippen molar-refractivity contribution in [1.29, 1.82) is 0 Å². The number of rotatable bonds is 2. The van der Waals surface area contributed by atoms with Gasteiger partial charge in [0.05, 0.1) is 0 Å².